The molecule has 2 heterocycles. The number of likely N-dealkylation sites (N-methyl/N-ethyl adjacent to an activating group) is 1. The number of hydrogen-bond donors (Lipinski definition) is 0. The van der Waals surface area contributed by atoms with Gasteiger partial charge in [-0.15, -0.1) is 11.3 Å². The predicted octanol–water partition coefficient (Wildman–Crippen LogP) is 2.74. The first-order chi connectivity index (χ1) is 11.9. The van der Waals surface area contributed by atoms with Crippen molar-refractivity contribution in [1.29, 1.82) is 0 Å². The maximum Gasteiger partial charge on any atom is 0.243 e. The molecule has 0 amide bonds. The van der Waals surface area contributed by atoms with Crippen LogP contribution < -0.4 is 4.74 Å². The Kier molecular flexibility index (Phi) is 5.48. The fourth-order valence-electron chi connectivity index (χ4n) is 2.86. The molecule has 1 aliphatic heterocycles. The molecule has 1 aromatic heterocycles. The Morgan fingerprint density at radius 3 is 2.76 bits per heavy atom. The molecule has 25 heavy (non-hydrogen) atoms. The van der Waals surface area contributed by atoms with E-state index in [1.54, 1.807) is 27.8 Å². The monoisotopic (exact) mass is 380 g/mol. The van der Waals surface area contributed by atoms with Crippen molar-refractivity contribution in [3.05, 3.63) is 46.3 Å². The van der Waals surface area contributed by atoms with Crippen LogP contribution in [0.1, 0.15) is 16.0 Å². The quantitative estimate of drug-likeness (QED) is 0.773. The highest BCUT2D eigenvalue weighted by atomic mass is 32.2. The first-order valence-electron chi connectivity index (χ1n) is 8.33. The van der Waals surface area contributed by atoms with Crippen LogP contribution in [0.15, 0.2) is 35.2 Å². The number of aryl methyl sites for hydroxylation is 1. The standard InChI is InChI=1S/C18H24N2O3S2/c1-14-6-4-5-7-17(14)25(21,22)20-9-8-15-12-18(24-16(15)13-20)23-11-10-19(2)3/h4-7,12H,8-11,13H2,1-3H3. The Hall–Kier alpha value is -1.41. The number of ether oxygens (including phenoxy) is 1. The third-order valence-electron chi connectivity index (χ3n) is 4.32. The summed E-state index contributed by atoms with van der Waals surface area (Å²) in [5.41, 5.74) is 1.99. The van der Waals surface area contributed by atoms with Gasteiger partial charge in [-0.1, -0.05) is 18.2 Å². The topological polar surface area (TPSA) is 49.9 Å². The summed E-state index contributed by atoms with van der Waals surface area (Å²) < 4.78 is 33.3. The molecule has 1 aliphatic rings. The zero-order chi connectivity index (χ0) is 18.0. The summed E-state index contributed by atoms with van der Waals surface area (Å²) in [7, 11) is 0.560. The first-order valence-corrected chi connectivity index (χ1v) is 10.6. The highest BCUT2D eigenvalue weighted by molar-refractivity contribution is 7.89. The van der Waals surface area contributed by atoms with E-state index in [1.807, 2.05) is 33.2 Å². The molecule has 2 aromatic rings. The van der Waals surface area contributed by atoms with Crippen molar-refractivity contribution in [3.63, 3.8) is 0 Å². The van der Waals surface area contributed by atoms with Crippen LogP contribution >= 0.6 is 11.3 Å². The fraction of sp³-hybridized carbons (Fsp3) is 0.444. The molecule has 5 nitrogen and oxygen atoms in total. The Morgan fingerprint density at radius 2 is 2.04 bits per heavy atom. The van der Waals surface area contributed by atoms with Crippen LogP contribution in [0.5, 0.6) is 5.06 Å². The molecule has 0 spiro atoms. The maximum absolute atomic E-state index is 13.0. The highest BCUT2D eigenvalue weighted by Gasteiger charge is 2.30. The van der Waals surface area contributed by atoms with Gasteiger partial charge in [0.25, 0.3) is 0 Å². The van der Waals surface area contributed by atoms with Gasteiger partial charge in [-0.2, -0.15) is 4.31 Å². The molecule has 0 fully saturated rings. The van der Waals surface area contributed by atoms with Gasteiger partial charge in [0.2, 0.25) is 10.0 Å². The number of hydrogen-bond acceptors (Lipinski definition) is 5. The molecule has 0 unspecified atom stereocenters. The third kappa shape index (κ3) is 4.06. The lowest BCUT2D eigenvalue weighted by Gasteiger charge is -2.26. The summed E-state index contributed by atoms with van der Waals surface area (Å²) in [6, 6.07) is 9.22. The highest BCUT2D eigenvalue weighted by Crippen LogP contribution is 2.35. The number of fused-ring (bicyclic) bond motifs is 1. The minimum absolute atomic E-state index is 0.400. The van der Waals surface area contributed by atoms with E-state index in [1.165, 1.54) is 5.56 Å². The van der Waals surface area contributed by atoms with E-state index in [0.717, 1.165) is 28.5 Å². The molecule has 1 aromatic carbocycles. The maximum atomic E-state index is 13.0. The van der Waals surface area contributed by atoms with Crippen molar-refractivity contribution >= 4 is 21.4 Å². The van der Waals surface area contributed by atoms with Crippen molar-refractivity contribution in [2.45, 2.75) is 24.8 Å². The number of rotatable bonds is 6. The smallest absolute Gasteiger partial charge is 0.243 e. The molecule has 3 rings (SSSR count). The van der Waals surface area contributed by atoms with Crippen LogP contribution in [0.3, 0.4) is 0 Å². The largest absolute Gasteiger partial charge is 0.483 e. The zero-order valence-electron chi connectivity index (χ0n) is 14.9. The molecule has 7 heteroatoms. The third-order valence-corrected chi connectivity index (χ3v) is 7.40. The van der Waals surface area contributed by atoms with Gasteiger partial charge in [0.05, 0.1) is 4.90 Å². The van der Waals surface area contributed by atoms with Gasteiger partial charge in [0.15, 0.2) is 5.06 Å². The van der Waals surface area contributed by atoms with Crippen molar-refractivity contribution < 1.29 is 13.2 Å². The number of thiophene rings is 1. The zero-order valence-corrected chi connectivity index (χ0v) is 16.5. The average Bonchev–Trinajstić information content (AvgIpc) is 2.96. The number of nitrogens with zero attached hydrogens (tertiary/aromatic N) is 2. The second-order valence-corrected chi connectivity index (χ2v) is 9.53. The van der Waals surface area contributed by atoms with E-state index >= 15 is 0 Å². The fourth-order valence-corrected chi connectivity index (χ4v) is 5.67. The number of benzene rings is 1. The Morgan fingerprint density at radius 1 is 1.28 bits per heavy atom. The molecule has 0 aliphatic carbocycles. The van der Waals surface area contributed by atoms with Gasteiger partial charge in [0, 0.05) is 24.5 Å². The number of sulfonamides is 1. The van der Waals surface area contributed by atoms with E-state index in [4.69, 9.17) is 4.74 Å². The molecule has 136 valence electrons. The molecule has 0 bridgehead atoms. The summed E-state index contributed by atoms with van der Waals surface area (Å²) in [6.07, 6.45) is 0.730. The minimum Gasteiger partial charge on any atom is -0.483 e. The normalized spacial score (nSPS) is 15.4. The average molecular weight is 381 g/mol. The van der Waals surface area contributed by atoms with Crippen molar-refractivity contribution in [1.82, 2.24) is 9.21 Å². The Labute approximate surface area is 153 Å². The predicted molar refractivity (Wildman–Crippen MR) is 101 cm³/mol. The van der Waals surface area contributed by atoms with E-state index < -0.39 is 10.0 Å². The van der Waals surface area contributed by atoms with Crippen LogP contribution in [0.25, 0.3) is 0 Å². The SMILES string of the molecule is Cc1ccccc1S(=O)(=O)N1CCc2cc(OCCN(C)C)sc2C1. The van der Waals surface area contributed by atoms with E-state index in [9.17, 15) is 8.42 Å². The van der Waals surface area contributed by atoms with E-state index in [2.05, 4.69) is 11.0 Å². The van der Waals surface area contributed by atoms with Crippen LogP contribution in [-0.2, 0) is 23.0 Å². The minimum atomic E-state index is -3.46. The first kappa shape index (κ1) is 18.4. The summed E-state index contributed by atoms with van der Waals surface area (Å²) in [5, 5.41) is 0.877. The Bertz CT molecular complexity index is 844. The molecular weight excluding hydrogens is 356 g/mol. The van der Waals surface area contributed by atoms with Crippen LogP contribution in [0, 0.1) is 6.92 Å². The molecule has 0 radical (unpaired) electrons. The van der Waals surface area contributed by atoms with Gasteiger partial charge in [-0.05, 0) is 50.7 Å². The molecule has 0 saturated carbocycles. The molecule has 0 N–H and O–H groups in total. The van der Waals surface area contributed by atoms with Crippen LogP contribution in [0.4, 0.5) is 0 Å². The Balaban J connectivity index is 1.75. The molecule has 0 atom stereocenters. The van der Waals surface area contributed by atoms with Gasteiger partial charge in [-0.3, -0.25) is 0 Å². The van der Waals surface area contributed by atoms with Crippen molar-refractivity contribution in [3.8, 4) is 5.06 Å². The van der Waals surface area contributed by atoms with Crippen molar-refractivity contribution in [2.24, 2.45) is 0 Å². The van der Waals surface area contributed by atoms with Gasteiger partial charge in [-0.25, -0.2) is 8.42 Å². The van der Waals surface area contributed by atoms with Crippen LogP contribution in [0.2, 0.25) is 0 Å². The lowest BCUT2D eigenvalue weighted by Crippen LogP contribution is -2.35. The summed E-state index contributed by atoms with van der Waals surface area (Å²) in [4.78, 5) is 3.56. The lowest BCUT2D eigenvalue weighted by molar-refractivity contribution is 0.267. The van der Waals surface area contributed by atoms with E-state index in [-0.39, 0.29) is 0 Å². The van der Waals surface area contributed by atoms with Gasteiger partial charge >= 0.3 is 0 Å². The summed E-state index contributed by atoms with van der Waals surface area (Å²) in [5.74, 6) is 0. The molecule has 0 saturated heterocycles. The summed E-state index contributed by atoms with van der Waals surface area (Å²) >= 11 is 1.56. The lowest BCUT2D eigenvalue weighted by atomic mass is 10.1. The second kappa shape index (κ2) is 7.45. The van der Waals surface area contributed by atoms with Crippen molar-refractivity contribution in [2.75, 3.05) is 33.8 Å². The summed E-state index contributed by atoms with van der Waals surface area (Å²) in [6.45, 7) is 4.27. The molecular formula is C18H24N2O3S2. The van der Waals surface area contributed by atoms with Gasteiger partial charge < -0.3 is 9.64 Å². The second-order valence-electron chi connectivity index (χ2n) is 6.52. The van der Waals surface area contributed by atoms with Gasteiger partial charge in [0.1, 0.15) is 6.61 Å². The van der Waals surface area contributed by atoms with Crippen LogP contribution in [-0.4, -0.2) is 51.4 Å². The van der Waals surface area contributed by atoms with E-state index in [0.29, 0.717) is 24.6 Å².